The zero-order chi connectivity index (χ0) is 16.3. The van der Waals surface area contributed by atoms with Gasteiger partial charge >= 0.3 is 0 Å². The van der Waals surface area contributed by atoms with Crippen molar-refractivity contribution in [2.75, 3.05) is 0 Å². The standard InChI is InChI=1S/C21H12BrNO/c22-15-6-8-18-17(11-15)21(24)20-16-10-13-4-2-1-3-12(13)9-14(16)5-7-19(20)23-18/h1-11H,(H,23,24). The molecule has 0 unspecified atom stereocenters. The highest BCUT2D eigenvalue weighted by molar-refractivity contribution is 9.10. The maximum Gasteiger partial charge on any atom is 0.197 e. The van der Waals surface area contributed by atoms with E-state index in [2.05, 4.69) is 51.2 Å². The zero-order valence-electron chi connectivity index (χ0n) is 12.6. The van der Waals surface area contributed by atoms with Gasteiger partial charge in [0.15, 0.2) is 5.43 Å². The lowest BCUT2D eigenvalue weighted by atomic mass is 9.99. The topological polar surface area (TPSA) is 32.9 Å². The Kier molecular flexibility index (Phi) is 2.82. The van der Waals surface area contributed by atoms with Crippen molar-refractivity contribution in [1.29, 1.82) is 0 Å². The molecule has 1 N–H and O–H groups in total. The number of benzene rings is 4. The minimum atomic E-state index is 0.0703. The quantitative estimate of drug-likeness (QED) is 0.272. The molecule has 2 nitrogen and oxygen atoms in total. The number of H-pyrrole nitrogens is 1. The monoisotopic (exact) mass is 373 g/mol. The highest BCUT2D eigenvalue weighted by Crippen LogP contribution is 2.28. The molecule has 24 heavy (non-hydrogen) atoms. The van der Waals surface area contributed by atoms with E-state index in [1.54, 1.807) is 0 Å². The lowest BCUT2D eigenvalue weighted by Gasteiger charge is -2.08. The van der Waals surface area contributed by atoms with Crippen LogP contribution in [0.5, 0.6) is 0 Å². The summed E-state index contributed by atoms with van der Waals surface area (Å²) in [4.78, 5) is 16.5. The van der Waals surface area contributed by atoms with Crippen LogP contribution in [0, 0.1) is 0 Å². The van der Waals surface area contributed by atoms with Crippen LogP contribution in [0.3, 0.4) is 0 Å². The fourth-order valence-electron chi connectivity index (χ4n) is 3.46. The molecular formula is C21H12BrNO. The van der Waals surface area contributed by atoms with E-state index in [1.165, 1.54) is 5.39 Å². The van der Waals surface area contributed by atoms with E-state index in [9.17, 15) is 4.79 Å². The molecule has 5 aromatic rings. The van der Waals surface area contributed by atoms with Gasteiger partial charge in [-0.15, -0.1) is 0 Å². The summed E-state index contributed by atoms with van der Waals surface area (Å²) in [5.74, 6) is 0. The molecule has 4 aromatic carbocycles. The molecule has 114 valence electrons. The first-order chi connectivity index (χ1) is 11.7. The Morgan fingerprint density at radius 3 is 2.29 bits per heavy atom. The Morgan fingerprint density at radius 2 is 1.46 bits per heavy atom. The second-order valence-corrected chi connectivity index (χ2v) is 6.97. The van der Waals surface area contributed by atoms with Crippen molar-refractivity contribution in [3.05, 3.63) is 81.4 Å². The molecule has 0 saturated carbocycles. The highest BCUT2D eigenvalue weighted by Gasteiger charge is 2.10. The Labute approximate surface area is 145 Å². The average molecular weight is 374 g/mol. The van der Waals surface area contributed by atoms with Gasteiger partial charge in [-0.05, 0) is 57.9 Å². The lowest BCUT2D eigenvalue weighted by molar-refractivity contribution is 1.48. The second-order valence-electron chi connectivity index (χ2n) is 6.05. The van der Waals surface area contributed by atoms with Gasteiger partial charge in [-0.2, -0.15) is 0 Å². The predicted molar refractivity (Wildman–Crippen MR) is 105 cm³/mol. The number of fused-ring (bicyclic) bond motifs is 5. The van der Waals surface area contributed by atoms with Gasteiger partial charge in [0.05, 0.1) is 10.9 Å². The van der Waals surface area contributed by atoms with Crippen LogP contribution in [0.4, 0.5) is 0 Å². The number of halogens is 1. The zero-order valence-corrected chi connectivity index (χ0v) is 14.2. The fourth-order valence-corrected chi connectivity index (χ4v) is 3.82. The summed E-state index contributed by atoms with van der Waals surface area (Å²) in [5.41, 5.74) is 1.80. The minimum Gasteiger partial charge on any atom is -0.354 e. The normalized spacial score (nSPS) is 11.7. The van der Waals surface area contributed by atoms with Crippen molar-refractivity contribution >= 4 is 59.3 Å². The summed E-state index contributed by atoms with van der Waals surface area (Å²) in [6.07, 6.45) is 0. The number of aromatic amines is 1. The first-order valence-corrected chi connectivity index (χ1v) is 8.57. The van der Waals surface area contributed by atoms with E-state index >= 15 is 0 Å². The number of pyridine rings is 1. The van der Waals surface area contributed by atoms with Crippen molar-refractivity contribution in [3.63, 3.8) is 0 Å². The summed E-state index contributed by atoms with van der Waals surface area (Å²) in [5, 5.41) is 5.87. The van der Waals surface area contributed by atoms with Crippen LogP contribution in [0.15, 0.2) is 76.0 Å². The minimum absolute atomic E-state index is 0.0703. The summed E-state index contributed by atoms with van der Waals surface area (Å²) in [6.45, 7) is 0. The van der Waals surface area contributed by atoms with Gasteiger partial charge in [-0.3, -0.25) is 4.79 Å². The van der Waals surface area contributed by atoms with Crippen molar-refractivity contribution in [2.24, 2.45) is 0 Å². The second kappa shape index (κ2) is 4.92. The van der Waals surface area contributed by atoms with Crippen LogP contribution in [0.25, 0.3) is 43.4 Å². The fraction of sp³-hybridized carbons (Fsp3) is 0. The van der Waals surface area contributed by atoms with E-state index in [4.69, 9.17) is 0 Å². The van der Waals surface area contributed by atoms with Gasteiger partial charge in [-0.25, -0.2) is 0 Å². The van der Waals surface area contributed by atoms with Gasteiger partial charge in [0.2, 0.25) is 0 Å². The molecule has 0 fully saturated rings. The molecular weight excluding hydrogens is 362 g/mol. The number of hydrogen-bond acceptors (Lipinski definition) is 1. The van der Waals surface area contributed by atoms with Crippen LogP contribution in [-0.4, -0.2) is 4.98 Å². The lowest BCUT2D eigenvalue weighted by Crippen LogP contribution is -2.04. The van der Waals surface area contributed by atoms with E-state index in [0.29, 0.717) is 5.39 Å². The summed E-state index contributed by atoms with van der Waals surface area (Å²) < 4.78 is 0.908. The Morgan fingerprint density at radius 1 is 0.708 bits per heavy atom. The molecule has 0 amide bonds. The number of nitrogens with one attached hydrogen (secondary N) is 1. The Bertz CT molecular complexity index is 1330. The smallest absolute Gasteiger partial charge is 0.197 e. The molecule has 0 aliphatic carbocycles. The van der Waals surface area contributed by atoms with Crippen LogP contribution < -0.4 is 5.43 Å². The van der Waals surface area contributed by atoms with E-state index in [-0.39, 0.29) is 5.43 Å². The van der Waals surface area contributed by atoms with Gasteiger partial charge in [0.25, 0.3) is 0 Å². The van der Waals surface area contributed by atoms with Gasteiger partial charge < -0.3 is 4.98 Å². The third kappa shape index (κ3) is 1.91. The number of aromatic nitrogens is 1. The molecule has 0 aliphatic rings. The molecule has 5 rings (SSSR count). The van der Waals surface area contributed by atoms with Crippen molar-refractivity contribution in [1.82, 2.24) is 4.98 Å². The predicted octanol–water partition coefficient (Wildman–Crippen LogP) is 5.75. The first kappa shape index (κ1) is 13.8. The van der Waals surface area contributed by atoms with Crippen LogP contribution >= 0.6 is 15.9 Å². The summed E-state index contributed by atoms with van der Waals surface area (Å²) in [6, 6.07) is 22.3. The van der Waals surface area contributed by atoms with E-state index in [0.717, 1.165) is 37.1 Å². The molecule has 0 bridgehead atoms. The largest absolute Gasteiger partial charge is 0.354 e. The first-order valence-electron chi connectivity index (χ1n) is 7.77. The van der Waals surface area contributed by atoms with Crippen molar-refractivity contribution in [2.45, 2.75) is 0 Å². The summed E-state index contributed by atoms with van der Waals surface area (Å²) >= 11 is 3.46. The highest BCUT2D eigenvalue weighted by atomic mass is 79.9. The van der Waals surface area contributed by atoms with Crippen molar-refractivity contribution < 1.29 is 0 Å². The Hall–Kier alpha value is -2.65. The molecule has 0 spiro atoms. The molecule has 0 radical (unpaired) electrons. The van der Waals surface area contributed by atoms with Crippen LogP contribution in [0.2, 0.25) is 0 Å². The molecule has 0 aliphatic heterocycles. The number of hydrogen-bond donors (Lipinski definition) is 1. The molecule has 1 aromatic heterocycles. The molecule has 1 heterocycles. The van der Waals surface area contributed by atoms with Gasteiger partial charge in [0.1, 0.15) is 0 Å². The third-order valence-corrected chi connectivity index (χ3v) is 5.10. The van der Waals surface area contributed by atoms with Gasteiger partial charge in [-0.1, -0.05) is 46.3 Å². The average Bonchev–Trinajstić information content (AvgIpc) is 2.60. The van der Waals surface area contributed by atoms with Crippen molar-refractivity contribution in [3.8, 4) is 0 Å². The maximum atomic E-state index is 13.1. The van der Waals surface area contributed by atoms with E-state index in [1.807, 2.05) is 36.4 Å². The number of rotatable bonds is 0. The van der Waals surface area contributed by atoms with Gasteiger partial charge in [0, 0.05) is 15.4 Å². The SMILES string of the molecule is O=c1c2cc(Br)ccc2[nH]c2ccc3cc4ccccc4cc3c12. The van der Waals surface area contributed by atoms with Crippen LogP contribution in [0.1, 0.15) is 0 Å². The molecule has 0 saturated heterocycles. The van der Waals surface area contributed by atoms with E-state index < -0.39 is 0 Å². The Balaban J connectivity index is 2.05. The third-order valence-electron chi connectivity index (χ3n) is 4.61. The maximum absolute atomic E-state index is 13.1. The molecule has 0 atom stereocenters. The summed E-state index contributed by atoms with van der Waals surface area (Å²) in [7, 11) is 0. The van der Waals surface area contributed by atoms with Crippen LogP contribution in [-0.2, 0) is 0 Å². The molecule has 3 heteroatoms.